The minimum absolute atomic E-state index is 0.250. The number of methoxy groups -OCH3 is 2. The first-order valence-corrected chi connectivity index (χ1v) is 5.92. The van der Waals surface area contributed by atoms with E-state index < -0.39 is 5.97 Å². The van der Waals surface area contributed by atoms with E-state index in [-0.39, 0.29) is 5.56 Å². The van der Waals surface area contributed by atoms with Gasteiger partial charge < -0.3 is 9.47 Å². The largest absolute Gasteiger partial charge is 0.497 e. The average molecular weight is 278 g/mol. The lowest BCUT2D eigenvalue weighted by molar-refractivity contribution is 0.0601. The highest BCUT2D eigenvalue weighted by Gasteiger charge is 2.18. The van der Waals surface area contributed by atoms with E-state index in [2.05, 4.69) is 4.98 Å². The summed E-state index contributed by atoms with van der Waals surface area (Å²) < 4.78 is 9.90. The minimum Gasteiger partial charge on any atom is -0.497 e. The smallest absolute Gasteiger partial charge is 0.341 e. The van der Waals surface area contributed by atoms with E-state index in [9.17, 15) is 4.79 Å². The zero-order valence-electron chi connectivity index (χ0n) is 10.5. The number of pyridine rings is 1. The Balaban J connectivity index is 2.61. The molecule has 0 amide bonds. The number of esters is 1. The number of hydrogen-bond acceptors (Lipinski definition) is 4. The van der Waals surface area contributed by atoms with Crippen LogP contribution in [0, 0.1) is 0 Å². The van der Waals surface area contributed by atoms with E-state index in [0.717, 1.165) is 5.56 Å². The number of ether oxygens (including phenoxy) is 2. The molecule has 0 aliphatic carbocycles. The van der Waals surface area contributed by atoms with E-state index in [1.54, 1.807) is 25.4 Å². The molecular formula is C14H12ClNO3. The summed E-state index contributed by atoms with van der Waals surface area (Å²) in [6.07, 6.45) is 1.55. The number of hydrogen-bond donors (Lipinski definition) is 0. The second-order valence-corrected chi connectivity index (χ2v) is 4.15. The lowest BCUT2D eigenvalue weighted by Crippen LogP contribution is -2.06. The third-order valence-corrected chi connectivity index (χ3v) is 2.95. The standard InChI is InChI=1S/C14H12ClNO3/c1-18-10-5-3-4-9(8-10)13-12(14(17)19-2)11(15)6-7-16-13/h3-8H,1-2H3. The molecule has 0 N–H and O–H groups in total. The molecule has 0 radical (unpaired) electrons. The van der Waals surface area contributed by atoms with Crippen LogP contribution < -0.4 is 4.74 Å². The second-order valence-electron chi connectivity index (χ2n) is 3.74. The predicted octanol–water partition coefficient (Wildman–Crippen LogP) is 3.20. The Morgan fingerprint density at radius 3 is 2.74 bits per heavy atom. The molecule has 0 fully saturated rings. The van der Waals surface area contributed by atoms with Crippen molar-refractivity contribution in [3.63, 3.8) is 0 Å². The third-order valence-electron chi connectivity index (χ3n) is 2.63. The van der Waals surface area contributed by atoms with Crippen LogP contribution in [0.2, 0.25) is 5.02 Å². The van der Waals surface area contributed by atoms with Crippen molar-refractivity contribution >= 4 is 17.6 Å². The van der Waals surface area contributed by atoms with Gasteiger partial charge in [0, 0.05) is 11.8 Å². The monoisotopic (exact) mass is 277 g/mol. The van der Waals surface area contributed by atoms with E-state index in [0.29, 0.717) is 16.5 Å². The summed E-state index contributed by atoms with van der Waals surface area (Å²) in [5, 5.41) is 0.305. The van der Waals surface area contributed by atoms with Crippen LogP contribution in [-0.4, -0.2) is 25.2 Å². The quantitative estimate of drug-likeness (QED) is 0.809. The van der Waals surface area contributed by atoms with Crippen molar-refractivity contribution in [2.75, 3.05) is 14.2 Å². The molecule has 0 unspecified atom stereocenters. The van der Waals surface area contributed by atoms with Crippen molar-refractivity contribution in [3.8, 4) is 17.0 Å². The maximum absolute atomic E-state index is 11.8. The summed E-state index contributed by atoms with van der Waals surface area (Å²) in [5.41, 5.74) is 1.46. The van der Waals surface area contributed by atoms with Gasteiger partial charge in [-0.25, -0.2) is 4.79 Å². The van der Waals surface area contributed by atoms with Gasteiger partial charge in [0.1, 0.15) is 11.3 Å². The number of rotatable bonds is 3. The summed E-state index contributed by atoms with van der Waals surface area (Å²) >= 11 is 6.05. The molecule has 1 aromatic heterocycles. The number of aromatic nitrogens is 1. The fourth-order valence-electron chi connectivity index (χ4n) is 1.72. The van der Waals surface area contributed by atoms with Gasteiger partial charge in [-0.15, -0.1) is 0 Å². The molecule has 98 valence electrons. The molecule has 0 saturated carbocycles. The Hall–Kier alpha value is -2.07. The average Bonchev–Trinajstić information content (AvgIpc) is 2.46. The molecule has 1 heterocycles. The molecule has 0 aliphatic heterocycles. The number of carbonyl (C=O) groups excluding carboxylic acids is 1. The van der Waals surface area contributed by atoms with Gasteiger partial charge >= 0.3 is 5.97 Å². The highest BCUT2D eigenvalue weighted by Crippen LogP contribution is 2.29. The van der Waals surface area contributed by atoms with E-state index in [1.165, 1.54) is 7.11 Å². The van der Waals surface area contributed by atoms with Gasteiger partial charge in [0.25, 0.3) is 0 Å². The Morgan fingerprint density at radius 2 is 2.05 bits per heavy atom. The molecule has 4 nitrogen and oxygen atoms in total. The molecule has 2 rings (SSSR count). The molecule has 0 atom stereocenters. The first kappa shape index (κ1) is 13.4. The highest BCUT2D eigenvalue weighted by atomic mass is 35.5. The van der Waals surface area contributed by atoms with Crippen molar-refractivity contribution in [2.45, 2.75) is 0 Å². The van der Waals surface area contributed by atoms with Crippen LogP contribution in [0.25, 0.3) is 11.3 Å². The van der Waals surface area contributed by atoms with Gasteiger partial charge in [-0.1, -0.05) is 23.7 Å². The molecule has 19 heavy (non-hydrogen) atoms. The van der Waals surface area contributed by atoms with Gasteiger partial charge in [0.05, 0.1) is 24.9 Å². The van der Waals surface area contributed by atoms with Crippen LogP contribution in [0.4, 0.5) is 0 Å². The number of benzene rings is 1. The van der Waals surface area contributed by atoms with Crippen LogP contribution >= 0.6 is 11.6 Å². The van der Waals surface area contributed by atoms with Crippen LogP contribution in [0.1, 0.15) is 10.4 Å². The highest BCUT2D eigenvalue weighted by molar-refractivity contribution is 6.34. The Labute approximate surface area is 115 Å². The lowest BCUT2D eigenvalue weighted by Gasteiger charge is -2.09. The molecule has 2 aromatic rings. The molecule has 5 heteroatoms. The zero-order chi connectivity index (χ0) is 13.8. The predicted molar refractivity (Wildman–Crippen MR) is 72.6 cm³/mol. The summed E-state index contributed by atoms with van der Waals surface area (Å²) in [5.74, 6) is 0.158. The van der Waals surface area contributed by atoms with Crippen molar-refractivity contribution < 1.29 is 14.3 Å². The van der Waals surface area contributed by atoms with Crippen LogP contribution in [-0.2, 0) is 4.74 Å². The minimum atomic E-state index is -0.518. The molecule has 0 aliphatic rings. The van der Waals surface area contributed by atoms with E-state index in [4.69, 9.17) is 21.1 Å². The molecule has 0 spiro atoms. The molecule has 0 saturated heterocycles. The molecular weight excluding hydrogens is 266 g/mol. The Kier molecular flexibility index (Phi) is 4.02. The SMILES string of the molecule is COC(=O)c1c(Cl)ccnc1-c1cccc(OC)c1. The fraction of sp³-hybridized carbons (Fsp3) is 0.143. The fourth-order valence-corrected chi connectivity index (χ4v) is 1.95. The van der Waals surface area contributed by atoms with Crippen molar-refractivity contribution in [2.24, 2.45) is 0 Å². The van der Waals surface area contributed by atoms with E-state index >= 15 is 0 Å². The van der Waals surface area contributed by atoms with Gasteiger partial charge in [0.2, 0.25) is 0 Å². The van der Waals surface area contributed by atoms with Crippen molar-refractivity contribution in [3.05, 3.63) is 47.1 Å². The Bertz CT molecular complexity index is 613. The van der Waals surface area contributed by atoms with Crippen LogP contribution in [0.3, 0.4) is 0 Å². The molecule has 0 bridgehead atoms. The summed E-state index contributed by atoms with van der Waals surface area (Å²) in [6, 6.07) is 8.79. The number of nitrogens with zero attached hydrogens (tertiary/aromatic N) is 1. The van der Waals surface area contributed by atoms with Crippen LogP contribution in [0.5, 0.6) is 5.75 Å². The second kappa shape index (κ2) is 5.71. The first-order chi connectivity index (χ1) is 9.17. The summed E-state index contributed by atoms with van der Waals surface area (Å²) in [4.78, 5) is 16.0. The third kappa shape index (κ3) is 2.69. The zero-order valence-corrected chi connectivity index (χ0v) is 11.3. The van der Waals surface area contributed by atoms with Crippen LogP contribution in [0.15, 0.2) is 36.5 Å². The topological polar surface area (TPSA) is 48.4 Å². The van der Waals surface area contributed by atoms with E-state index in [1.807, 2.05) is 18.2 Å². The van der Waals surface area contributed by atoms with Gasteiger partial charge in [0.15, 0.2) is 0 Å². The lowest BCUT2D eigenvalue weighted by atomic mass is 10.1. The van der Waals surface area contributed by atoms with Crippen molar-refractivity contribution in [1.29, 1.82) is 0 Å². The van der Waals surface area contributed by atoms with Gasteiger partial charge in [-0.05, 0) is 18.2 Å². The van der Waals surface area contributed by atoms with Crippen molar-refractivity contribution in [1.82, 2.24) is 4.98 Å². The number of halogens is 1. The first-order valence-electron chi connectivity index (χ1n) is 5.54. The maximum atomic E-state index is 11.8. The summed E-state index contributed by atoms with van der Waals surface area (Å²) in [6.45, 7) is 0. The maximum Gasteiger partial charge on any atom is 0.341 e. The van der Waals surface area contributed by atoms with Gasteiger partial charge in [-0.3, -0.25) is 4.98 Å². The number of carbonyl (C=O) groups is 1. The molecule has 1 aromatic carbocycles. The Morgan fingerprint density at radius 1 is 1.26 bits per heavy atom. The van der Waals surface area contributed by atoms with Gasteiger partial charge in [-0.2, -0.15) is 0 Å². The normalized spacial score (nSPS) is 10.1. The summed E-state index contributed by atoms with van der Waals surface area (Å²) in [7, 11) is 2.88.